The van der Waals surface area contributed by atoms with Gasteiger partial charge < -0.3 is 0 Å². The Hall–Kier alpha value is -1.39. The quantitative estimate of drug-likeness (QED) is 0.533. The number of hydrogen-bond donors (Lipinski definition) is 0. The topological polar surface area (TPSA) is 24.7 Å². The molecule has 0 N–H and O–H groups in total. The predicted molar refractivity (Wildman–Crippen MR) is 68.1 cm³/mol. The molecule has 5 heteroatoms. The first-order valence-corrected chi connectivity index (χ1v) is 5.11. The Kier molecular flexibility index (Phi) is 10.4. The monoisotopic (exact) mass is 248 g/mol. The van der Waals surface area contributed by atoms with Gasteiger partial charge in [-0.3, -0.25) is 9.98 Å². The smallest absolute Gasteiger partial charge is 0.295 e. The van der Waals surface area contributed by atoms with Crippen molar-refractivity contribution in [1.82, 2.24) is 0 Å². The summed E-state index contributed by atoms with van der Waals surface area (Å²) in [7, 11) is 0. The summed E-state index contributed by atoms with van der Waals surface area (Å²) >= 11 is 0. The zero-order valence-electron chi connectivity index (χ0n) is 10.5. The van der Waals surface area contributed by atoms with Crippen molar-refractivity contribution in [3.8, 4) is 0 Å². The summed E-state index contributed by atoms with van der Waals surface area (Å²) in [6.45, 7) is 11.7. The van der Waals surface area contributed by atoms with Crippen LogP contribution in [0.3, 0.4) is 0 Å². The SMILES string of the molecule is C=C/C(C)=C/C.C=NCC(=NCC)C(F)(F)F. The summed E-state index contributed by atoms with van der Waals surface area (Å²) in [4.78, 5) is 6.36. The van der Waals surface area contributed by atoms with E-state index in [1.165, 1.54) is 12.5 Å². The molecule has 0 bridgehead atoms. The number of rotatable bonds is 4. The number of nitrogens with zero attached hydrogens (tertiary/aromatic N) is 2. The number of hydrogen-bond acceptors (Lipinski definition) is 2. The standard InChI is InChI=1S/C6H9F3N2.C6H10/c1-3-11-5(4-10-2)6(7,8)9;1-4-6(3)5-2/h2-4H2,1H3;4-5H,1H2,2-3H3/b;6-5+. The molecule has 0 aliphatic carbocycles. The lowest BCUT2D eigenvalue weighted by Gasteiger charge is -2.06. The van der Waals surface area contributed by atoms with Gasteiger partial charge in [0.15, 0.2) is 0 Å². The molecule has 0 radical (unpaired) electrons. The average Bonchev–Trinajstić information content (AvgIpc) is 2.27. The molecule has 98 valence electrons. The molecule has 0 spiro atoms. The maximum Gasteiger partial charge on any atom is 0.430 e. The number of allylic oxidation sites excluding steroid dienone is 3. The third kappa shape index (κ3) is 10.9. The van der Waals surface area contributed by atoms with E-state index in [1.807, 2.05) is 26.0 Å². The van der Waals surface area contributed by atoms with Crippen molar-refractivity contribution in [2.75, 3.05) is 13.1 Å². The van der Waals surface area contributed by atoms with Gasteiger partial charge in [0.1, 0.15) is 5.71 Å². The summed E-state index contributed by atoms with van der Waals surface area (Å²) in [6, 6.07) is 0. The normalized spacial score (nSPS) is 12.6. The van der Waals surface area contributed by atoms with E-state index in [2.05, 4.69) is 23.3 Å². The molecule has 0 aromatic heterocycles. The highest BCUT2D eigenvalue weighted by Crippen LogP contribution is 2.17. The van der Waals surface area contributed by atoms with Crippen molar-refractivity contribution in [3.63, 3.8) is 0 Å². The average molecular weight is 248 g/mol. The summed E-state index contributed by atoms with van der Waals surface area (Å²) in [5.41, 5.74) is 0.366. The van der Waals surface area contributed by atoms with Crippen LogP contribution >= 0.6 is 0 Å². The predicted octanol–water partition coefficient (Wildman–Crippen LogP) is 3.85. The first-order valence-electron chi connectivity index (χ1n) is 5.11. The Morgan fingerprint density at radius 1 is 1.35 bits per heavy atom. The first-order chi connectivity index (χ1) is 7.83. The minimum absolute atomic E-state index is 0.115. The summed E-state index contributed by atoms with van der Waals surface area (Å²) < 4.78 is 35.6. The summed E-state index contributed by atoms with van der Waals surface area (Å²) in [5, 5.41) is 0. The van der Waals surface area contributed by atoms with Crippen molar-refractivity contribution in [3.05, 3.63) is 24.3 Å². The van der Waals surface area contributed by atoms with Crippen molar-refractivity contribution >= 4 is 12.4 Å². The summed E-state index contributed by atoms with van der Waals surface area (Å²) in [5.74, 6) is 0. The Bertz CT molecular complexity index is 289. The molecule has 0 aromatic rings. The first kappa shape index (κ1) is 18.0. The molecule has 0 aliphatic rings. The van der Waals surface area contributed by atoms with Crippen LogP contribution < -0.4 is 0 Å². The van der Waals surface area contributed by atoms with E-state index in [0.29, 0.717) is 0 Å². The lowest BCUT2D eigenvalue weighted by Crippen LogP contribution is -2.25. The molecule has 0 rings (SSSR count). The molecule has 0 amide bonds. The van der Waals surface area contributed by atoms with Gasteiger partial charge in [0.2, 0.25) is 0 Å². The minimum atomic E-state index is -4.36. The molecule has 0 saturated carbocycles. The number of alkyl halides is 3. The maximum absolute atomic E-state index is 11.9. The highest BCUT2D eigenvalue weighted by molar-refractivity contribution is 5.91. The van der Waals surface area contributed by atoms with Gasteiger partial charge in [0.05, 0.1) is 6.54 Å². The molecule has 0 atom stereocenters. The Morgan fingerprint density at radius 2 is 1.88 bits per heavy atom. The van der Waals surface area contributed by atoms with Gasteiger partial charge in [-0.2, -0.15) is 13.2 Å². The third-order valence-electron chi connectivity index (χ3n) is 1.72. The van der Waals surface area contributed by atoms with E-state index in [-0.39, 0.29) is 6.54 Å². The van der Waals surface area contributed by atoms with E-state index in [4.69, 9.17) is 0 Å². The van der Waals surface area contributed by atoms with Crippen LogP contribution in [0.25, 0.3) is 0 Å². The van der Waals surface area contributed by atoms with Gasteiger partial charge >= 0.3 is 6.18 Å². The second-order valence-corrected chi connectivity index (χ2v) is 3.04. The Balaban J connectivity index is 0. The van der Waals surface area contributed by atoms with Crippen molar-refractivity contribution in [2.24, 2.45) is 9.98 Å². The molecule has 0 heterocycles. The number of aliphatic imine (C=N–C) groups is 2. The van der Waals surface area contributed by atoms with Crippen molar-refractivity contribution < 1.29 is 13.2 Å². The van der Waals surface area contributed by atoms with E-state index >= 15 is 0 Å². The van der Waals surface area contributed by atoms with Crippen LogP contribution in [0.15, 0.2) is 34.3 Å². The second-order valence-electron chi connectivity index (χ2n) is 3.04. The fourth-order valence-electron chi connectivity index (χ4n) is 0.644. The number of halogens is 3. The minimum Gasteiger partial charge on any atom is -0.295 e. The van der Waals surface area contributed by atoms with E-state index < -0.39 is 18.4 Å². The molecular weight excluding hydrogens is 229 g/mol. The van der Waals surface area contributed by atoms with Crippen molar-refractivity contribution in [1.29, 1.82) is 0 Å². The molecule has 0 aliphatic heterocycles. The molecule has 2 nitrogen and oxygen atoms in total. The lowest BCUT2D eigenvalue weighted by molar-refractivity contribution is -0.0597. The molecule has 17 heavy (non-hydrogen) atoms. The highest BCUT2D eigenvalue weighted by atomic mass is 19.4. The van der Waals surface area contributed by atoms with Crippen LogP contribution in [0.1, 0.15) is 20.8 Å². The van der Waals surface area contributed by atoms with E-state index in [0.717, 1.165) is 0 Å². The maximum atomic E-state index is 11.9. The largest absolute Gasteiger partial charge is 0.430 e. The van der Waals surface area contributed by atoms with Crippen LogP contribution in [0.4, 0.5) is 13.2 Å². The summed E-state index contributed by atoms with van der Waals surface area (Å²) in [6.07, 6.45) is -0.510. The Morgan fingerprint density at radius 3 is 2.06 bits per heavy atom. The van der Waals surface area contributed by atoms with Gasteiger partial charge in [0, 0.05) is 6.54 Å². The third-order valence-corrected chi connectivity index (χ3v) is 1.72. The lowest BCUT2D eigenvalue weighted by atomic mass is 10.3. The van der Waals surface area contributed by atoms with E-state index in [9.17, 15) is 13.2 Å². The molecule has 0 fully saturated rings. The van der Waals surface area contributed by atoms with Gasteiger partial charge in [0.25, 0.3) is 0 Å². The van der Waals surface area contributed by atoms with Gasteiger partial charge in [-0.05, 0) is 27.5 Å². The van der Waals surface area contributed by atoms with E-state index in [1.54, 1.807) is 0 Å². The van der Waals surface area contributed by atoms with Gasteiger partial charge in [-0.15, -0.1) is 0 Å². The zero-order valence-corrected chi connectivity index (χ0v) is 10.5. The fourth-order valence-corrected chi connectivity index (χ4v) is 0.644. The molecule has 0 saturated heterocycles. The zero-order chi connectivity index (χ0) is 13.9. The fraction of sp³-hybridized carbons (Fsp3) is 0.500. The molecular formula is C12H19F3N2. The van der Waals surface area contributed by atoms with Crippen LogP contribution in [-0.2, 0) is 0 Å². The van der Waals surface area contributed by atoms with Crippen molar-refractivity contribution in [2.45, 2.75) is 26.9 Å². The van der Waals surface area contributed by atoms with Crippen LogP contribution in [0.2, 0.25) is 0 Å². The van der Waals surface area contributed by atoms with Gasteiger partial charge in [-0.25, -0.2) is 0 Å². The highest BCUT2D eigenvalue weighted by Gasteiger charge is 2.34. The van der Waals surface area contributed by atoms with Crippen LogP contribution in [-0.4, -0.2) is 31.7 Å². The second kappa shape index (κ2) is 9.81. The molecule has 0 unspecified atom stereocenters. The molecule has 0 aromatic carbocycles. The van der Waals surface area contributed by atoms with Gasteiger partial charge in [-0.1, -0.05) is 24.3 Å². The van der Waals surface area contributed by atoms with Crippen LogP contribution in [0.5, 0.6) is 0 Å². The van der Waals surface area contributed by atoms with Crippen LogP contribution in [0, 0.1) is 0 Å². The Labute approximate surface area is 101 Å².